The van der Waals surface area contributed by atoms with E-state index in [4.69, 9.17) is 0 Å². The molecular weight excluding hydrogens is 262 g/mol. The van der Waals surface area contributed by atoms with Crippen molar-refractivity contribution in [2.45, 2.75) is 63.5 Å². The Hall–Kier alpha value is -1.29. The number of amides is 1. The second-order valence-electron chi connectivity index (χ2n) is 6.86. The molecule has 4 nitrogen and oxygen atoms in total. The molecule has 4 heteroatoms. The number of piperidine rings is 1. The topological polar surface area (TPSA) is 46.1 Å². The number of nitrogens with one attached hydrogen (secondary N) is 2. The van der Waals surface area contributed by atoms with Gasteiger partial charge in [0.25, 0.3) is 5.91 Å². The Bertz CT molecular complexity index is 482. The average Bonchev–Trinajstić information content (AvgIpc) is 2.98. The van der Waals surface area contributed by atoms with Gasteiger partial charge in [-0.15, -0.1) is 0 Å². The van der Waals surface area contributed by atoms with Crippen molar-refractivity contribution >= 4 is 5.91 Å². The van der Waals surface area contributed by atoms with Crippen LogP contribution in [0.15, 0.2) is 18.3 Å². The zero-order valence-electron chi connectivity index (χ0n) is 13.0. The molecule has 3 rings (SSSR count). The molecule has 2 heterocycles. The molecule has 2 fully saturated rings. The lowest BCUT2D eigenvalue weighted by atomic mass is 9.83. The number of nitrogens with zero attached hydrogens (tertiary/aromatic N) is 1. The molecule has 0 spiro atoms. The van der Waals surface area contributed by atoms with E-state index in [1.165, 1.54) is 19.3 Å². The highest BCUT2D eigenvalue weighted by atomic mass is 16.2. The molecular formula is C17H27N3O. The fraction of sp³-hybridized carbons (Fsp3) is 0.706. The summed E-state index contributed by atoms with van der Waals surface area (Å²) in [5.41, 5.74) is 0.812. The van der Waals surface area contributed by atoms with E-state index < -0.39 is 0 Å². The summed E-state index contributed by atoms with van der Waals surface area (Å²) < 4.78 is 2.18. The summed E-state index contributed by atoms with van der Waals surface area (Å²) in [7, 11) is 0. The van der Waals surface area contributed by atoms with Gasteiger partial charge < -0.3 is 15.2 Å². The van der Waals surface area contributed by atoms with Crippen molar-refractivity contribution in [1.29, 1.82) is 0 Å². The molecule has 1 saturated carbocycles. The standard InChI is InChI=1S/C17H27N3O/c1-17(9-3-2-4-10-17)19-16(21)15-6-5-13-20(15)14-7-11-18-12-8-14/h5-6,13-14,18H,2-4,7-12H2,1H3,(H,19,21). The summed E-state index contributed by atoms with van der Waals surface area (Å²) in [6.45, 7) is 4.28. The summed E-state index contributed by atoms with van der Waals surface area (Å²) in [6.07, 6.45) is 10.2. The van der Waals surface area contributed by atoms with E-state index in [0.29, 0.717) is 6.04 Å². The van der Waals surface area contributed by atoms with Gasteiger partial charge in [0.2, 0.25) is 0 Å². The van der Waals surface area contributed by atoms with Crippen LogP contribution in [0.5, 0.6) is 0 Å². The summed E-state index contributed by atoms with van der Waals surface area (Å²) >= 11 is 0. The Balaban J connectivity index is 1.71. The highest BCUT2D eigenvalue weighted by Crippen LogP contribution is 2.28. The highest BCUT2D eigenvalue weighted by Gasteiger charge is 2.30. The Labute approximate surface area is 127 Å². The van der Waals surface area contributed by atoms with Gasteiger partial charge in [0.1, 0.15) is 5.69 Å². The zero-order valence-corrected chi connectivity index (χ0v) is 13.0. The van der Waals surface area contributed by atoms with Crippen molar-refractivity contribution in [1.82, 2.24) is 15.2 Å². The zero-order chi connectivity index (χ0) is 14.7. The monoisotopic (exact) mass is 289 g/mol. The van der Waals surface area contributed by atoms with Crippen molar-refractivity contribution in [3.05, 3.63) is 24.0 Å². The lowest BCUT2D eigenvalue weighted by Gasteiger charge is -2.35. The maximum atomic E-state index is 12.7. The summed E-state index contributed by atoms with van der Waals surface area (Å²) in [6, 6.07) is 4.42. The molecule has 1 aliphatic carbocycles. The summed E-state index contributed by atoms with van der Waals surface area (Å²) in [5.74, 6) is 0.0999. The molecule has 116 valence electrons. The SMILES string of the molecule is CC1(NC(=O)c2cccn2C2CCNCC2)CCCCC1. The smallest absolute Gasteiger partial charge is 0.268 e. The van der Waals surface area contributed by atoms with Crippen LogP contribution in [0.25, 0.3) is 0 Å². The quantitative estimate of drug-likeness (QED) is 0.899. The van der Waals surface area contributed by atoms with E-state index in [9.17, 15) is 4.79 Å². The molecule has 21 heavy (non-hydrogen) atoms. The number of aromatic nitrogens is 1. The molecule has 0 aromatic carbocycles. The number of hydrogen-bond acceptors (Lipinski definition) is 2. The first-order valence-electron chi connectivity index (χ1n) is 8.38. The number of carbonyl (C=O) groups excluding carboxylic acids is 1. The summed E-state index contributed by atoms with van der Waals surface area (Å²) in [4.78, 5) is 12.7. The Morgan fingerprint density at radius 2 is 2.00 bits per heavy atom. The van der Waals surface area contributed by atoms with Gasteiger partial charge in [-0.1, -0.05) is 19.3 Å². The second kappa shape index (κ2) is 6.22. The Kier molecular flexibility index (Phi) is 4.34. The first kappa shape index (κ1) is 14.6. The van der Waals surface area contributed by atoms with Crippen molar-refractivity contribution in [2.24, 2.45) is 0 Å². The molecule has 1 aromatic rings. The summed E-state index contributed by atoms with van der Waals surface area (Å²) in [5, 5.41) is 6.68. The highest BCUT2D eigenvalue weighted by molar-refractivity contribution is 5.93. The van der Waals surface area contributed by atoms with Crippen LogP contribution in [-0.4, -0.2) is 29.1 Å². The molecule has 1 amide bonds. The van der Waals surface area contributed by atoms with Crippen LogP contribution in [-0.2, 0) is 0 Å². The number of rotatable bonds is 3. The third kappa shape index (κ3) is 3.31. The van der Waals surface area contributed by atoms with Gasteiger partial charge in [-0.2, -0.15) is 0 Å². The van der Waals surface area contributed by atoms with Crippen LogP contribution >= 0.6 is 0 Å². The van der Waals surface area contributed by atoms with Crippen molar-refractivity contribution in [3.8, 4) is 0 Å². The largest absolute Gasteiger partial charge is 0.346 e. The molecule has 0 bridgehead atoms. The third-order valence-corrected chi connectivity index (χ3v) is 5.09. The first-order valence-corrected chi connectivity index (χ1v) is 8.38. The van der Waals surface area contributed by atoms with Crippen LogP contribution in [0.2, 0.25) is 0 Å². The third-order valence-electron chi connectivity index (χ3n) is 5.09. The van der Waals surface area contributed by atoms with Crippen molar-refractivity contribution < 1.29 is 4.79 Å². The fourth-order valence-corrected chi connectivity index (χ4v) is 3.78. The van der Waals surface area contributed by atoms with E-state index in [0.717, 1.165) is 44.5 Å². The maximum absolute atomic E-state index is 12.7. The van der Waals surface area contributed by atoms with E-state index in [2.05, 4.69) is 28.3 Å². The lowest BCUT2D eigenvalue weighted by Crippen LogP contribution is -2.47. The van der Waals surface area contributed by atoms with Crippen LogP contribution < -0.4 is 10.6 Å². The van der Waals surface area contributed by atoms with Crippen LogP contribution in [0.3, 0.4) is 0 Å². The molecule has 2 aliphatic rings. The molecule has 2 N–H and O–H groups in total. The van der Waals surface area contributed by atoms with Gasteiger partial charge in [-0.3, -0.25) is 4.79 Å². The minimum Gasteiger partial charge on any atom is -0.346 e. The van der Waals surface area contributed by atoms with Gasteiger partial charge in [-0.05, 0) is 57.8 Å². The lowest BCUT2D eigenvalue weighted by molar-refractivity contribution is 0.0869. The molecule has 0 unspecified atom stereocenters. The number of carbonyl (C=O) groups is 1. The van der Waals surface area contributed by atoms with Gasteiger partial charge in [0.15, 0.2) is 0 Å². The van der Waals surface area contributed by atoms with Gasteiger partial charge >= 0.3 is 0 Å². The van der Waals surface area contributed by atoms with E-state index in [1.807, 2.05) is 12.1 Å². The minimum atomic E-state index is -0.0153. The molecule has 1 saturated heterocycles. The molecule has 0 radical (unpaired) electrons. The van der Waals surface area contributed by atoms with E-state index in [-0.39, 0.29) is 11.4 Å². The normalized spacial score (nSPS) is 22.9. The van der Waals surface area contributed by atoms with Crippen LogP contribution in [0, 0.1) is 0 Å². The van der Waals surface area contributed by atoms with Crippen molar-refractivity contribution in [3.63, 3.8) is 0 Å². The molecule has 0 atom stereocenters. The van der Waals surface area contributed by atoms with Gasteiger partial charge in [-0.25, -0.2) is 0 Å². The van der Waals surface area contributed by atoms with Gasteiger partial charge in [0, 0.05) is 17.8 Å². The molecule has 1 aromatic heterocycles. The van der Waals surface area contributed by atoms with Crippen LogP contribution in [0.4, 0.5) is 0 Å². The average molecular weight is 289 g/mol. The predicted octanol–water partition coefficient (Wildman–Crippen LogP) is 2.87. The van der Waals surface area contributed by atoms with Gasteiger partial charge in [0.05, 0.1) is 0 Å². The second-order valence-corrected chi connectivity index (χ2v) is 6.86. The van der Waals surface area contributed by atoms with Crippen LogP contribution in [0.1, 0.15) is 68.4 Å². The predicted molar refractivity (Wildman–Crippen MR) is 84.5 cm³/mol. The van der Waals surface area contributed by atoms with E-state index >= 15 is 0 Å². The van der Waals surface area contributed by atoms with E-state index in [1.54, 1.807) is 0 Å². The first-order chi connectivity index (χ1) is 10.2. The Morgan fingerprint density at radius 1 is 1.29 bits per heavy atom. The minimum absolute atomic E-state index is 0.0153. The Morgan fingerprint density at radius 3 is 2.71 bits per heavy atom. The maximum Gasteiger partial charge on any atom is 0.268 e. The number of hydrogen-bond donors (Lipinski definition) is 2. The fourth-order valence-electron chi connectivity index (χ4n) is 3.78. The molecule has 1 aliphatic heterocycles. The van der Waals surface area contributed by atoms with Crippen molar-refractivity contribution in [2.75, 3.05) is 13.1 Å².